The van der Waals surface area contributed by atoms with Gasteiger partial charge in [-0.15, -0.1) is 28.2 Å². The minimum atomic E-state index is -1.85. The van der Waals surface area contributed by atoms with E-state index in [1.54, 1.807) is 71.6 Å². The first-order valence-corrected chi connectivity index (χ1v) is 33.4. The van der Waals surface area contributed by atoms with Crippen molar-refractivity contribution < 1.29 is 52.6 Å². The number of β-lactam (4-membered cyclic amide) rings is 1. The summed E-state index contributed by atoms with van der Waals surface area (Å²) in [6.45, 7) is 2.33. The molecule has 0 unspecified atom stereocenters. The van der Waals surface area contributed by atoms with Gasteiger partial charge in [0.2, 0.25) is 6.10 Å². The van der Waals surface area contributed by atoms with E-state index in [1.807, 2.05) is 164 Å². The Morgan fingerprint density at radius 2 is 1.15 bits per heavy atom. The lowest BCUT2D eigenvalue weighted by atomic mass is 9.77. The highest BCUT2D eigenvalue weighted by molar-refractivity contribution is 8.03. The largest absolute Gasteiger partial charge is 0.449 e. The molecule has 3 atom stereocenters. The van der Waals surface area contributed by atoms with Crippen LogP contribution in [0.1, 0.15) is 82.4 Å². The highest BCUT2D eigenvalue weighted by Gasteiger charge is 2.55. The second kappa shape index (κ2) is 29.9. The molecule has 1 saturated heterocycles. The van der Waals surface area contributed by atoms with Crippen LogP contribution >= 0.6 is 46.4 Å². The zero-order valence-electron chi connectivity index (χ0n) is 50.7. The van der Waals surface area contributed by atoms with Crippen molar-refractivity contribution in [1.29, 1.82) is 0 Å². The first-order valence-electron chi connectivity index (χ1n) is 29.8. The molecule has 4 heterocycles. The van der Waals surface area contributed by atoms with Crippen molar-refractivity contribution in [3.05, 3.63) is 315 Å². The third kappa shape index (κ3) is 14.7. The van der Waals surface area contributed by atoms with Gasteiger partial charge in [0.05, 0.1) is 6.20 Å². The first-order chi connectivity index (χ1) is 46.4. The second-order valence-corrected chi connectivity index (χ2v) is 25.4. The maximum absolute atomic E-state index is 15.6. The number of aromatic nitrogens is 3. The smallest absolute Gasteiger partial charge is 0.356 e. The van der Waals surface area contributed by atoms with Gasteiger partial charge in [-0.2, -0.15) is 0 Å². The number of benzene rings is 8. The summed E-state index contributed by atoms with van der Waals surface area (Å²) in [6, 6.07) is 68.8. The summed E-state index contributed by atoms with van der Waals surface area (Å²) in [5.74, 6) is -5.05. The Labute approximate surface area is 562 Å². The van der Waals surface area contributed by atoms with Crippen molar-refractivity contribution in [2.75, 3.05) is 11.1 Å². The van der Waals surface area contributed by atoms with Crippen molar-refractivity contribution in [3.63, 3.8) is 0 Å². The van der Waals surface area contributed by atoms with Crippen LogP contribution in [0.25, 0.3) is 0 Å². The van der Waals surface area contributed by atoms with Crippen LogP contribution in [0.4, 0.5) is 5.13 Å². The van der Waals surface area contributed by atoms with Gasteiger partial charge in [-0.25, -0.2) is 14.6 Å². The number of oxime groups is 1. The number of amides is 2. The first kappa shape index (κ1) is 64.3. The molecule has 474 valence electrons. The highest BCUT2D eigenvalue weighted by atomic mass is 32.2. The normalized spacial score (nSPS) is 14.9. The molecule has 2 aliphatic rings. The third-order valence-corrected chi connectivity index (χ3v) is 18.9. The number of rotatable bonds is 24. The number of fused-ring (bicyclic) bond motifs is 1. The lowest BCUT2D eigenvalue weighted by Gasteiger charge is -2.49. The van der Waals surface area contributed by atoms with Crippen molar-refractivity contribution in [1.82, 2.24) is 24.8 Å². The van der Waals surface area contributed by atoms with Crippen LogP contribution in [0.5, 0.6) is 11.5 Å². The lowest BCUT2D eigenvalue weighted by Crippen LogP contribution is -2.71. The molecule has 0 saturated carbocycles. The zero-order chi connectivity index (χ0) is 65.7. The maximum atomic E-state index is 15.6. The lowest BCUT2D eigenvalue weighted by molar-refractivity contribution is -0.162. The summed E-state index contributed by atoms with van der Waals surface area (Å²) in [5, 5.41) is 18.0. The molecule has 1 fully saturated rings. The molecular formula is C73H57N7O11S4. The molecule has 22 heteroatoms. The van der Waals surface area contributed by atoms with Gasteiger partial charge in [0.1, 0.15) is 32.6 Å². The summed E-state index contributed by atoms with van der Waals surface area (Å²) >= 11 is 5.02. The zero-order valence-corrected chi connectivity index (χ0v) is 54.0. The van der Waals surface area contributed by atoms with Crippen molar-refractivity contribution >= 4 is 92.9 Å². The summed E-state index contributed by atoms with van der Waals surface area (Å²) in [5.41, 5.74) is 4.09. The van der Waals surface area contributed by atoms with Gasteiger partial charge < -0.3 is 34.4 Å². The number of esters is 4. The topological polar surface area (TPSA) is 227 Å². The van der Waals surface area contributed by atoms with E-state index in [4.69, 9.17) is 28.8 Å². The van der Waals surface area contributed by atoms with E-state index >= 15 is 19.2 Å². The fraction of sp³-hybridized carbons (Fsp3) is 0.123. The Morgan fingerprint density at radius 1 is 0.642 bits per heavy atom. The number of nitrogens with zero attached hydrogens (tertiary/aromatic N) is 5. The molecule has 0 spiro atoms. The fourth-order valence-electron chi connectivity index (χ4n) is 11.0. The molecule has 0 bridgehead atoms. The van der Waals surface area contributed by atoms with Gasteiger partial charge in [-0.05, 0) is 79.7 Å². The molecular weight excluding hydrogens is 1280 g/mol. The summed E-state index contributed by atoms with van der Waals surface area (Å²) < 4.78 is 28.5. The van der Waals surface area contributed by atoms with Gasteiger partial charge in [-0.3, -0.25) is 24.1 Å². The molecule has 2 N–H and O–H groups in total. The van der Waals surface area contributed by atoms with E-state index in [0.29, 0.717) is 33.0 Å². The molecule has 18 nitrogen and oxygen atoms in total. The number of thioether (sulfide) groups is 2. The van der Waals surface area contributed by atoms with Gasteiger partial charge in [0.25, 0.3) is 11.8 Å². The number of thiazole rings is 1. The molecule has 0 radical (unpaired) electrons. The number of carbonyl (C=O) groups excluding carboxylic acids is 6. The predicted octanol–water partition coefficient (Wildman–Crippen LogP) is 13.3. The van der Waals surface area contributed by atoms with Crippen LogP contribution in [-0.2, 0) is 48.6 Å². The highest BCUT2D eigenvalue weighted by Crippen LogP contribution is 2.44. The number of ether oxygens (including phenoxy) is 4. The van der Waals surface area contributed by atoms with Gasteiger partial charge >= 0.3 is 23.9 Å². The number of carbonyl (C=O) groups is 6. The Morgan fingerprint density at radius 3 is 1.65 bits per heavy atom. The van der Waals surface area contributed by atoms with Gasteiger partial charge in [0.15, 0.2) is 34.6 Å². The fourth-order valence-corrected chi connectivity index (χ4v) is 14.2. The van der Waals surface area contributed by atoms with Crippen LogP contribution < -0.4 is 20.1 Å². The third-order valence-electron chi connectivity index (χ3n) is 15.3. The average Bonchev–Trinajstić information content (AvgIpc) is 1.14. The second-order valence-electron chi connectivity index (χ2n) is 21.5. The minimum Gasteiger partial charge on any atom is -0.449 e. The molecule has 2 aromatic heterocycles. The monoisotopic (exact) mass is 1340 g/mol. The summed E-state index contributed by atoms with van der Waals surface area (Å²) in [7, 11) is 0. The molecule has 8 aromatic carbocycles. The molecule has 95 heavy (non-hydrogen) atoms. The van der Waals surface area contributed by atoms with Crippen LogP contribution in [0, 0.1) is 0 Å². The standard InChI is InChI=1S/C73H57N7O11S4/c1-46(81)87-58-39-38-52(42-59(58)88-47(2)82)66(71(86)90-65(50-28-14-5-15-29-50)51-30-16-6-17-31-51)91-78-61(57-45-94-72(75-57)77-73(54-32-18-7-19-33-54,55-34-20-8-21-35-55)56-36-22-9-23-37-56)67(83)76-62-68(84)80-63(53(44-93-69(62)80)40-41-92-60-43-74-79-95-60)70(85)89-64(48-24-10-3-11-25-48)49-26-12-4-13-27-49/h3-43,45,62,64-66,69H,44H2,1-2H3,(H,75,77)(H,76,83)/b41-40+,78-61-/t62-,66-,69+/m1/s1. The number of hydrogen-bond donors (Lipinski definition) is 2. The van der Waals surface area contributed by atoms with Crippen molar-refractivity contribution in [2.45, 2.75) is 53.3 Å². The summed E-state index contributed by atoms with van der Waals surface area (Å²) in [6.07, 6.45) is -0.350. The Hall–Kier alpha value is -10.8. The molecule has 2 aliphatic heterocycles. The van der Waals surface area contributed by atoms with Crippen LogP contribution in [0.2, 0.25) is 0 Å². The van der Waals surface area contributed by atoms with E-state index in [9.17, 15) is 9.59 Å². The number of nitrogens with one attached hydrogen (secondary N) is 2. The van der Waals surface area contributed by atoms with Crippen molar-refractivity contribution in [2.24, 2.45) is 5.16 Å². The van der Waals surface area contributed by atoms with Gasteiger partial charge in [0, 0.05) is 30.5 Å². The van der Waals surface area contributed by atoms with Crippen LogP contribution in [0.15, 0.2) is 274 Å². The minimum absolute atomic E-state index is 0.00658. The average molecular weight is 1340 g/mol. The maximum Gasteiger partial charge on any atom is 0.356 e. The SMILES string of the molecule is CC(=O)Oc1ccc([C@@H](O/N=C(\C(=O)N[C@@H]2C(=O)N3C(C(=O)OC(c4ccccc4)c4ccccc4)=C(/C=C/Sc4cnns4)CS[C@@H]23)c2csc(NC(c3ccccc3)(c3ccccc3)c3ccccc3)n2)C(=O)OC(c2ccccc2)c2ccccc2)cc1OC(C)=O. The molecule has 0 aliphatic carbocycles. The van der Waals surface area contributed by atoms with E-state index < -0.39 is 76.7 Å². The quantitative estimate of drug-likeness (QED) is 0.0109. The van der Waals surface area contributed by atoms with Crippen LogP contribution in [-0.4, -0.2) is 78.0 Å². The van der Waals surface area contributed by atoms with Crippen LogP contribution in [0.3, 0.4) is 0 Å². The molecule has 10 aromatic rings. The molecule has 12 rings (SSSR count). The van der Waals surface area contributed by atoms with E-state index in [0.717, 1.165) is 39.2 Å². The summed E-state index contributed by atoms with van der Waals surface area (Å²) in [4.78, 5) is 98.6. The van der Waals surface area contributed by atoms with E-state index in [1.165, 1.54) is 65.1 Å². The number of hydrogen-bond acceptors (Lipinski definition) is 20. The number of anilines is 1. The predicted molar refractivity (Wildman–Crippen MR) is 363 cm³/mol. The molecule has 2 amide bonds. The Kier molecular flexibility index (Phi) is 20.2. The van der Waals surface area contributed by atoms with E-state index in [2.05, 4.69) is 25.4 Å². The Bertz CT molecular complexity index is 4280. The van der Waals surface area contributed by atoms with Crippen molar-refractivity contribution in [3.8, 4) is 11.5 Å². The number of allylic oxidation sites excluding steroid dienone is 1. The van der Waals surface area contributed by atoms with E-state index in [-0.39, 0.29) is 34.2 Å². The van der Waals surface area contributed by atoms with Gasteiger partial charge in [-0.1, -0.05) is 240 Å². The Balaban J connectivity index is 0.942.